The lowest BCUT2D eigenvalue weighted by Crippen LogP contribution is -2.74. The van der Waals surface area contributed by atoms with Crippen LogP contribution in [0.1, 0.15) is 89.3 Å². The normalized spacial score (nSPS) is 17.4. The number of carbonyl (C=O) groups is 1. The van der Waals surface area contributed by atoms with E-state index in [0.717, 1.165) is 24.3 Å². The summed E-state index contributed by atoms with van der Waals surface area (Å²) in [6, 6.07) is 17.9. The van der Waals surface area contributed by atoms with E-state index in [4.69, 9.17) is 28.0 Å². The van der Waals surface area contributed by atoms with E-state index < -0.39 is 123 Å². The molecule has 15 nitrogen and oxygen atoms in total. The molecule has 4 atom stereocenters. The molecular formula is C54H57F17N7O8P. The van der Waals surface area contributed by atoms with Crippen molar-refractivity contribution in [3.05, 3.63) is 112 Å². The van der Waals surface area contributed by atoms with E-state index in [1.165, 1.54) is 73.6 Å². The summed E-state index contributed by atoms with van der Waals surface area (Å²) in [6.45, 7) is 10.1. The molecule has 33 heteroatoms. The number of anilines is 1. The number of amides is 1. The highest BCUT2D eigenvalue weighted by Gasteiger charge is 2.95. The maximum atomic E-state index is 15.3. The lowest BCUT2D eigenvalue weighted by molar-refractivity contribution is -0.461. The van der Waals surface area contributed by atoms with Gasteiger partial charge in [-0.1, -0.05) is 62.4 Å². The van der Waals surface area contributed by atoms with Gasteiger partial charge in [-0.05, 0) is 80.6 Å². The number of aromatic amines is 1. The molecule has 2 aromatic heterocycles. The summed E-state index contributed by atoms with van der Waals surface area (Å²) < 4.78 is 281. The fourth-order valence-electron chi connectivity index (χ4n) is 9.17. The minimum Gasteiger partial charge on any atom is -0.497 e. The first-order valence-corrected chi connectivity index (χ1v) is 27.3. The number of nitriles is 1. The van der Waals surface area contributed by atoms with Gasteiger partial charge in [-0.15, -0.1) is 0 Å². The van der Waals surface area contributed by atoms with Crippen LogP contribution in [0.25, 0.3) is 11.2 Å². The van der Waals surface area contributed by atoms with E-state index >= 15 is 17.6 Å². The number of ether oxygens (including phenoxy) is 4. The Bertz CT molecular complexity index is 3200. The number of H-pyrrole nitrogens is 1. The van der Waals surface area contributed by atoms with Crippen LogP contribution >= 0.6 is 8.53 Å². The average molecular weight is 1290 g/mol. The van der Waals surface area contributed by atoms with Crippen molar-refractivity contribution in [1.82, 2.24) is 24.2 Å². The van der Waals surface area contributed by atoms with E-state index in [9.17, 15) is 71.9 Å². The zero-order chi connectivity index (χ0) is 65.3. The number of rotatable bonds is 28. The van der Waals surface area contributed by atoms with E-state index in [0.29, 0.717) is 11.5 Å². The zero-order valence-corrected chi connectivity index (χ0v) is 48.0. The molecule has 1 amide bonds. The first-order chi connectivity index (χ1) is 40.2. The van der Waals surface area contributed by atoms with E-state index in [1.54, 1.807) is 13.8 Å². The Morgan fingerprint density at radius 3 is 1.69 bits per heavy atom. The second-order valence-corrected chi connectivity index (χ2v) is 22.1. The second-order valence-electron chi connectivity index (χ2n) is 20.7. The SMILES string of the molecule is COc1ccc(C(OC[C@H]2O[C@@H](n3cnc4c(=O)[nH]c(NC(=O)C(C)C)nc43)C[C@@H]2OP(OCCC#N)N(C(C)C)C(C)C)(c2ccc(CCC(F)(F)C(F)(F)C(F)(F)C(F)(F)C(F)(F)C(F)(F)C(F)(F)C(F)(F)F)cc2)c2ccc(OC)cc2)cc1. The van der Waals surface area contributed by atoms with Crippen molar-refractivity contribution in [2.45, 2.75) is 151 Å². The van der Waals surface area contributed by atoms with Gasteiger partial charge in [0.15, 0.2) is 11.2 Å². The standard InChI is InChI=1S/C54H57F17N7O8P/c1-29(2)43(79)75-45-74-42-41(44(80)76-45)73-28-77(42)40-26-38(86-87(84-25-9-24-72)78(30(3)4)31(5)6)39(85-40)27-83-47(34-14-18-36(81-7)19-15-34,35-16-20-37(82-8)21-17-35)33-12-10-32(11-13-33)22-23-46(55,56)48(57,58)49(59,60)50(61,62)51(63,64)52(65,66)53(67,68)54(69,70)71/h10-21,28-31,38-40H,9,22-23,25-27H2,1-8H3,(H2,74,75,76,79,80)/t38-,39+,40+,87?/m0/s1. The van der Waals surface area contributed by atoms with Crippen LogP contribution in [0.4, 0.5) is 80.6 Å². The Morgan fingerprint density at radius 2 is 1.23 bits per heavy atom. The molecule has 0 bridgehead atoms. The maximum absolute atomic E-state index is 15.3. The number of nitrogens with one attached hydrogen (secondary N) is 2. The molecule has 1 saturated heterocycles. The summed E-state index contributed by atoms with van der Waals surface area (Å²) >= 11 is 0. The van der Waals surface area contributed by atoms with E-state index in [-0.39, 0.29) is 65.3 Å². The summed E-state index contributed by atoms with van der Waals surface area (Å²) in [6.07, 6.45) is -14.3. The first kappa shape index (κ1) is 69.7. The highest BCUT2D eigenvalue weighted by Crippen LogP contribution is 2.64. The molecule has 0 aliphatic carbocycles. The fraction of sp³-hybridized carbons (Fsp3) is 0.537. The lowest BCUT2D eigenvalue weighted by atomic mass is 9.79. The number of fused-ring (bicyclic) bond motifs is 1. The zero-order valence-electron chi connectivity index (χ0n) is 47.1. The third-order valence-corrected chi connectivity index (χ3v) is 16.1. The van der Waals surface area contributed by atoms with Gasteiger partial charge in [-0.3, -0.25) is 24.5 Å². The quantitative estimate of drug-likeness (QED) is 0.0210. The Hall–Kier alpha value is -6.39. The van der Waals surface area contributed by atoms with Crippen LogP contribution in [0.3, 0.4) is 0 Å². The molecule has 0 saturated carbocycles. The molecule has 3 aromatic carbocycles. The van der Waals surface area contributed by atoms with Crippen molar-refractivity contribution >= 4 is 31.5 Å². The molecule has 3 heterocycles. The van der Waals surface area contributed by atoms with Crippen LogP contribution < -0.4 is 20.3 Å². The van der Waals surface area contributed by atoms with Gasteiger partial charge in [0.1, 0.15) is 29.4 Å². The summed E-state index contributed by atoms with van der Waals surface area (Å²) in [5.41, 5.74) is -2.84. The molecule has 0 spiro atoms. The summed E-state index contributed by atoms with van der Waals surface area (Å²) in [7, 11) is 0.647. The van der Waals surface area contributed by atoms with Gasteiger partial charge in [-0.25, -0.2) is 9.65 Å². The summed E-state index contributed by atoms with van der Waals surface area (Å²) in [5, 5.41) is 12.0. The molecule has 5 aromatic rings. The Labute approximate surface area is 486 Å². The van der Waals surface area contributed by atoms with Crippen molar-refractivity contribution in [2.75, 3.05) is 32.8 Å². The van der Waals surface area contributed by atoms with Crippen LogP contribution in [0, 0.1) is 17.2 Å². The van der Waals surface area contributed by atoms with Gasteiger partial charge in [0.05, 0.1) is 52.4 Å². The number of halogens is 17. The molecule has 1 fully saturated rings. The number of aryl methyl sites for hydroxylation is 1. The number of nitrogens with zero attached hydrogens (tertiary/aromatic N) is 5. The highest BCUT2D eigenvalue weighted by atomic mass is 31.2. The highest BCUT2D eigenvalue weighted by molar-refractivity contribution is 7.44. The number of hydrogen-bond donors (Lipinski definition) is 2. The van der Waals surface area contributed by atoms with Crippen molar-refractivity contribution < 1.29 is 107 Å². The van der Waals surface area contributed by atoms with Crippen LogP contribution in [-0.2, 0) is 35.3 Å². The summed E-state index contributed by atoms with van der Waals surface area (Å²) in [5.74, 6) is -57.9. The maximum Gasteiger partial charge on any atom is 0.460 e. The molecule has 1 unspecified atom stereocenters. The number of methoxy groups -OCH3 is 2. The molecule has 0 radical (unpaired) electrons. The number of alkyl halides is 17. The van der Waals surface area contributed by atoms with Crippen molar-refractivity contribution in [3.63, 3.8) is 0 Å². The second kappa shape index (κ2) is 26.0. The smallest absolute Gasteiger partial charge is 0.460 e. The summed E-state index contributed by atoms with van der Waals surface area (Å²) in [4.78, 5) is 37.2. The van der Waals surface area contributed by atoms with Crippen LogP contribution in [0.5, 0.6) is 11.5 Å². The number of hydrogen-bond acceptors (Lipinski definition) is 12. The van der Waals surface area contributed by atoms with Crippen LogP contribution in [0.15, 0.2) is 83.9 Å². The van der Waals surface area contributed by atoms with Gasteiger partial charge in [-0.2, -0.15) is 84.9 Å². The topological polar surface area (TPSA) is 175 Å². The van der Waals surface area contributed by atoms with Crippen LogP contribution in [0.2, 0.25) is 0 Å². The Morgan fingerprint density at radius 1 is 0.747 bits per heavy atom. The van der Waals surface area contributed by atoms with Gasteiger partial charge in [0.2, 0.25) is 11.9 Å². The third-order valence-electron chi connectivity index (χ3n) is 13.9. The van der Waals surface area contributed by atoms with E-state index in [2.05, 4.69) is 20.3 Å². The van der Waals surface area contributed by atoms with Gasteiger partial charge >= 0.3 is 47.6 Å². The Kier molecular flexibility index (Phi) is 20.8. The number of benzene rings is 3. The number of aromatic nitrogens is 4. The monoisotopic (exact) mass is 1290 g/mol. The molecule has 6 rings (SSSR count). The third kappa shape index (κ3) is 13.2. The molecule has 2 N–H and O–H groups in total. The minimum absolute atomic E-state index is 0.0395. The van der Waals surface area contributed by atoms with Gasteiger partial charge in [0, 0.05) is 30.8 Å². The van der Waals surface area contributed by atoms with Crippen molar-refractivity contribution in [3.8, 4) is 17.6 Å². The van der Waals surface area contributed by atoms with Crippen molar-refractivity contribution in [1.29, 1.82) is 5.26 Å². The van der Waals surface area contributed by atoms with E-state index in [1.807, 2.05) is 38.4 Å². The largest absolute Gasteiger partial charge is 0.497 e. The fourth-order valence-corrected chi connectivity index (χ4v) is 10.9. The average Bonchev–Trinajstić information content (AvgIpc) is 1.51. The first-order valence-electron chi connectivity index (χ1n) is 26.1. The van der Waals surface area contributed by atoms with Gasteiger partial charge < -0.3 is 28.0 Å². The van der Waals surface area contributed by atoms with Crippen LogP contribution in [-0.4, -0.2) is 129 Å². The lowest BCUT2D eigenvalue weighted by Gasteiger charge is -2.42. The number of carbonyl (C=O) groups excluding carboxylic acids is 1. The molecule has 1 aliphatic rings. The van der Waals surface area contributed by atoms with Gasteiger partial charge in [0.25, 0.3) is 14.1 Å². The number of imidazole rings is 1. The Balaban J connectivity index is 1.44. The predicted octanol–water partition coefficient (Wildman–Crippen LogP) is 13.6. The van der Waals surface area contributed by atoms with Crippen molar-refractivity contribution in [2.24, 2.45) is 5.92 Å². The predicted molar refractivity (Wildman–Crippen MR) is 277 cm³/mol. The minimum atomic E-state index is -8.76. The molecular weight excluding hydrogens is 1230 g/mol. The molecule has 480 valence electrons. The molecule has 1 aliphatic heterocycles. The molecule has 87 heavy (non-hydrogen) atoms.